The zero-order chi connectivity index (χ0) is 28.3. The summed E-state index contributed by atoms with van der Waals surface area (Å²) in [5.74, 6) is 1.78. The van der Waals surface area contributed by atoms with Gasteiger partial charge in [0.05, 0.1) is 24.2 Å². The van der Waals surface area contributed by atoms with Gasteiger partial charge in [0, 0.05) is 48.8 Å². The van der Waals surface area contributed by atoms with E-state index in [0.717, 1.165) is 22.9 Å². The second kappa shape index (κ2) is 9.33. The molecule has 0 aliphatic carbocycles. The molecule has 5 rings (SSSR count). The molecule has 0 N–H and O–H groups in total. The van der Waals surface area contributed by atoms with Gasteiger partial charge < -0.3 is 19.4 Å². The van der Waals surface area contributed by atoms with Gasteiger partial charge in [-0.15, -0.1) is 0 Å². The Bertz CT molecular complexity index is 1470. The van der Waals surface area contributed by atoms with Gasteiger partial charge in [-0.05, 0) is 34.1 Å². The first-order chi connectivity index (χ1) is 18.3. The van der Waals surface area contributed by atoms with Gasteiger partial charge in [-0.2, -0.15) is 5.26 Å². The molecule has 1 amide bonds. The Balaban J connectivity index is 1.47. The number of nitrogens with zero attached hydrogens (tertiary/aromatic N) is 7. The summed E-state index contributed by atoms with van der Waals surface area (Å²) in [6.45, 7) is 13.7. The fraction of sp³-hybridized carbons (Fsp3) is 0.593. The van der Waals surface area contributed by atoms with E-state index >= 15 is 0 Å². The summed E-state index contributed by atoms with van der Waals surface area (Å²) < 4.78 is 29.2. The zero-order valence-electron chi connectivity index (χ0n) is 23.3. The smallest absolute Gasteiger partial charge is 0.244 e. The van der Waals surface area contributed by atoms with Crippen LogP contribution in [-0.2, 0) is 20.0 Å². The number of rotatable bonds is 5. The first-order valence-corrected chi connectivity index (χ1v) is 15.0. The number of carbonyl (C=O) groups is 1. The Labute approximate surface area is 229 Å². The van der Waals surface area contributed by atoms with Crippen molar-refractivity contribution in [3.8, 4) is 11.8 Å². The molecule has 0 spiro atoms. The first-order valence-electron chi connectivity index (χ1n) is 13.3. The SMILES string of the molecule is CCOc1cc(N2CC(C)(C)c3c2ncnc3N2C[C@@H](C)N(C(=O)[C@]3(C)CCS3(=O)=O)C[C@@H]2C)cnc1C#N. The number of aromatic nitrogens is 3. The van der Waals surface area contributed by atoms with Crippen molar-refractivity contribution in [2.75, 3.05) is 41.8 Å². The number of hydrogen-bond acceptors (Lipinski definition) is 10. The summed E-state index contributed by atoms with van der Waals surface area (Å²) in [6.07, 6.45) is 3.59. The molecule has 2 saturated heterocycles. The molecule has 3 aliphatic rings. The average molecular weight is 554 g/mol. The van der Waals surface area contributed by atoms with Gasteiger partial charge in [-0.25, -0.2) is 23.4 Å². The second-order valence-electron chi connectivity index (χ2n) is 11.6. The van der Waals surface area contributed by atoms with Gasteiger partial charge in [-0.3, -0.25) is 4.79 Å². The molecule has 5 heterocycles. The lowest BCUT2D eigenvalue weighted by atomic mass is 9.87. The molecule has 39 heavy (non-hydrogen) atoms. The topological polar surface area (TPSA) is 133 Å². The Kier molecular flexibility index (Phi) is 6.49. The number of hydrogen-bond donors (Lipinski definition) is 0. The van der Waals surface area contributed by atoms with E-state index in [1.54, 1.807) is 24.3 Å². The summed E-state index contributed by atoms with van der Waals surface area (Å²) in [6, 6.07) is 3.63. The number of sulfone groups is 1. The minimum Gasteiger partial charge on any atom is -0.491 e. The van der Waals surface area contributed by atoms with Crippen LogP contribution < -0.4 is 14.5 Å². The predicted molar refractivity (Wildman–Crippen MR) is 147 cm³/mol. The molecule has 3 aliphatic heterocycles. The van der Waals surface area contributed by atoms with Crippen LogP contribution in [0.2, 0.25) is 0 Å². The van der Waals surface area contributed by atoms with E-state index in [2.05, 4.69) is 39.7 Å². The molecule has 0 aromatic carbocycles. The molecular formula is C27H35N7O4S. The molecule has 0 unspecified atom stereocenters. The third-order valence-corrected chi connectivity index (χ3v) is 10.8. The lowest BCUT2D eigenvalue weighted by Gasteiger charge is -2.49. The zero-order valence-corrected chi connectivity index (χ0v) is 24.1. The van der Waals surface area contributed by atoms with Crippen molar-refractivity contribution in [2.24, 2.45) is 0 Å². The van der Waals surface area contributed by atoms with Crippen LogP contribution in [0.1, 0.15) is 59.2 Å². The Morgan fingerprint density at radius 1 is 1.15 bits per heavy atom. The lowest BCUT2D eigenvalue weighted by Crippen LogP contribution is -2.66. The Morgan fingerprint density at radius 3 is 2.49 bits per heavy atom. The van der Waals surface area contributed by atoms with Crippen LogP contribution in [0, 0.1) is 11.3 Å². The fourth-order valence-electron chi connectivity index (χ4n) is 5.91. The first kappa shape index (κ1) is 27.1. The largest absolute Gasteiger partial charge is 0.491 e. The van der Waals surface area contributed by atoms with Gasteiger partial charge >= 0.3 is 0 Å². The highest BCUT2D eigenvalue weighted by molar-refractivity contribution is 7.95. The van der Waals surface area contributed by atoms with Crippen LogP contribution in [-0.4, -0.2) is 83.0 Å². The van der Waals surface area contributed by atoms with Crippen LogP contribution >= 0.6 is 0 Å². The highest BCUT2D eigenvalue weighted by Gasteiger charge is 2.57. The standard InChI is InChI=1S/C27H35N7O4S/c1-7-38-21-10-19(12-29-20(21)11-28)34-15-26(4,5)22-23(30-16-31-24(22)34)32-13-18(3)33(14-17(32)2)25(35)27(6)8-9-39(27,36)37/h10,12,16-18H,7-9,13-15H2,1-6H3/t17-,18+,27-/m0/s1. The van der Waals surface area contributed by atoms with Crippen molar-refractivity contribution < 1.29 is 17.9 Å². The van der Waals surface area contributed by atoms with Crippen LogP contribution in [0.4, 0.5) is 17.3 Å². The van der Waals surface area contributed by atoms with Crippen molar-refractivity contribution >= 4 is 33.1 Å². The molecule has 0 bridgehead atoms. The number of pyridine rings is 1. The molecule has 0 saturated carbocycles. The van der Waals surface area contributed by atoms with Crippen LogP contribution in [0.3, 0.4) is 0 Å². The van der Waals surface area contributed by atoms with Crippen molar-refractivity contribution in [1.82, 2.24) is 19.9 Å². The number of anilines is 3. The highest BCUT2D eigenvalue weighted by atomic mass is 32.2. The molecule has 2 aromatic rings. The van der Waals surface area contributed by atoms with Gasteiger partial charge in [0.15, 0.2) is 21.3 Å². The number of fused-ring (bicyclic) bond motifs is 1. The predicted octanol–water partition coefficient (Wildman–Crippen LogP) is 2.57. The quantitative estimate of drug-likeness (QED) is 0.544. The summed E-state index contributed by atoms with van der Waals surface area (Å²) in [5, 5.41) is 9.42. The number of ether oxygens (including phenoxy) is 1. The normalized spacial score (nSPS) is 26.9. The van der Waals surface area contributed by atoms with Crippen molar-refractivity contribution in [1.29, 1.82) is 5.26 Å². The maximum absolute atomic E-state index is 13.4. The highest BCUT2D eigenvalue weighted by Crippen LogP contribution is 2.48. The Morgan fingerprint density at radius 2 is 1.87 bits per heavy atom. The van der Waals surface area contributed by atoms with E-state index in [4.69, 9.17) is 9.72 Å². The number of amides is 1. The molecule has 2 fully saturated rings. The molecular weight excluding hydrogens is 518 g/mol. The molecule has 208 valence electrons. The maximum Gasteiger partial charge on any atom is 0.244 e. The van der Waals surface area contributed by atoms with Crippen LogP contribution in [0.25, 0.3) is 0 Å². The van der Waals surface area contributed by atoms with Gasteiger partial charge in [-0.1, -0.05) is 13.8 Å². The second-order valence-corrected chi connectivity index (χ2v) is 14.1. The minimum atomic E-state index is -3.41. The van der Waals surface area contributed by atoms with Gasteiger partial charge in [0.25, 0.3) is 0 Å². The van der Waals surface area contributed by atoms with Gasteiger partial charge in [0.2, 0.25) is 5.91 Å². The van der Waals surface area contributed by atoms with E-state index in [9.17, 15) is 18.5 Å². The third kappa shape index (κ3) is 4.18. The van der Waals surface area contributed by atoms with Gasteiger partial charge in [0.1, 0.15) is 28.8 Å². The van der Waals surface area contributed by atoms with E-state index < -0.39 is 14.6 Å². The third-order valence-electron chi connectivity index (χ3n) is 8.35. The Hall–Kier alpha value is -3.46. The molecule has 11 nitrogen and oxygen atoms in total. The van der Waals surface area contributed by atoms with E-state index in [1.807, 2.05) is 26.8 Å². The van der Waals surface area contributed by atoms with Crippen molar-refractivity contribution in [3.05, 3.63) is 29.8 Å². The minimum absolute atomic E-state index is 0.0681. The lowest BCUT2D eigenvalue weighted by molar-refractivity contribution is -0.137. The molecule has 0 radical (unpaired) electrons. The maximum atomic E-state index is 13.4. The van der Waals surface area contributed by atoms with E-state index in [-0.39, 0.29) is 34.9 Å². The van der Waals surface area contributed by atoms with Crippen LogP contribution in [0.5, 0.6) is 5.75 Å². The number of piperazine rings is 1. The summed E-state index contributed by atoms with van der Waals surface area (Å²) >= 11 is 0. The van der Waals surface area contributed by atoms with E-state index in [1.165, 1.54) is 0 Å². The monoisotopic (exact) mass is 553 g/mol. The summed E-state index contributed by atoms with van der Waals surface area (Å²) in [4.78, 5) is 33.1. The summed E-state index contributed by atoms with van der Waals surface area (Å²) in [7, 11) is -3.41. The molecule has 3 atom stereocenters. The van der Waals surface area contributed by atoms with E-state index in [0.29, 0.717) is 38.4 Å². The molecule has 12 heteroatoms. The van der Waals surface area contributed by atoms with Crippen molar-refractivity contribution in [2.45, 2.75) is 70.2 Å². The van der Waals surface area contributed by atoms with Crippen molar-refractivity contribution in [3.63, 3.8) is 0 Å². The molecule has 2 aromatic heterocycles. The average Bonchev–Trinajstić information content (AvgIpc) is 3.19. The summed E-state index contributed by atoms with van der Waals surface area (Å²) in [5.41, 5.74) is 1.71. The number of carbonyl (C=O) groups excluding carboxylic acids is 1. The number of nitriles is 1. The van der Waals surface area contributed by atoms with Crippen LogP contribution in [0.15, 0.2) is 18.6 Å². The fourth-order valence-corrected chi connectivity index (χ4v) is 7.45.